The van der Waals surface area contributed by atoms with Gasteiger partial charge < -0.3 is 14.6 Å². The highest BCUT2D eigenvalue weighted by molar-refractivity contribution is 6.31. The summed E-state index contributed by atoms with van der Waals surface area (Å²) in [6.07, 6.45) is -4.59. The highest BCUT2D eigenvalue weighted by atomic mass is 35.5. The minimum absolute atomic E-state index is 0.0190. The second kappa shape index (κ2) is 11.1. The molecule has 0 unspecified atom stereocenters. The van der Waals surface area contributed by atoms with Crippen molar-refractivity contribution in [1.82, 2.24) is 18.7 Å². The largest absolute Gasteiger partial charge is 0.490 e. The Morgan fingerprint density at radius 3 is 2.32 bits per heavy atom. The Labute approximate surface area is 223 Å². The van der Waals surface area contributed by atoms with Crippen LogP contribution in [0.1, 0.15) is 11.1 Å². The first-order chi connectivity index (χ1) is 18.0. The Kier molecular flexibility index (Phi) is 8.05. The molecule has 0 fully saturated rings. The van der Waals surface area contributed by atoms with Gasteiger partial charge in [0.15, 0.2) is 11.2 Å². The number of halogens is 5. The summed E-state index contributed by atoms with van der Waals surface area (Å²) in [7, 11) is 1.43. The summed E-state index contributed by atoms with van der Waals surface area (Å²) in [6, 6.07) is 9.66. The van der Waals surface area contributed by atoms with Gasteiger partial charge in [0, 0.05) is 17.1 Å². The molecule has 0 saturated carbocycles. The van der Waals surface area contributed by atoms with E-state index in [0.717, 1.165) is 22.3 Å². The smallest absolute Gasteiger partial charge is 0.416 e. The predicted molar refractivity (Wildman–Crippen MR) is 134 cm³/mol. The third kappa shape index (κ3) is 5.82. The van der Waals surface area contributed by atoms with Crippen LogP contribution in [0.3, 0.4) is 0 Å². The molecule has 0 saturated heterocycles. The molecule has 0 bridgehead atoms. The summed E-state index contributed by atoms with van der Waals surface area (Å²) in [5.41, 5.74) is -1.41. The van der Waals surface area contributed by atoms with E-state index in [0.29, 0.717) is 5.02 Å². The fraction of sp³-hybridized carbons (Fsp3) is 0.292. The number of aliphatic hydroxyl groups excluding tert-OH is 1. The Balaban J connectivity index is 1.65. The van der Waals surface area contributed by atoms with Crippen LogP contribution in [-0.2, 0) is 26.3 Å². The van der Waals surface area contributed by atoms with E-state index in [2.05, 4.69) is 4.98 Å². The summed E-state index contributed by atoms with van der Waals surface area (Å²) >= 11 is 11.8. The molecule has 0 amide bonds. The van der Waals surface area contributed by atoms with Crippen molar-refractivity contribution in [3.8, 4) is 11.8 Å². The molecule has 4 rings (SSSR count). The number of fused-ring (bicyclic) bond motifs is 1. The van der Waals surface area contributed by atoms with Crippen molar-refractivity contribution in [3.63, 3.8) is 0 Å². The van der Waals surface area contributed by atoms with Crippen molar-refractivity contribution < 1.29 is 27.8 Å². The maximum atomic E-state index is 13.2. The zero-order valence-electron chi connectivity index (χ0n) is 19.8. The number of hydrogen-bond donors (Lipinski definition) is 1. The standard InChI is InChI=1S/C24H21Cl2F3N4O5/c1-31-20-19(21(35)32(6-7-34)23(31)36)33(13-14-2-4-16(25)5-3-14)22(30-20)38-9-8-37-18-11-15(24(27,28)29)10-17(26)12-18/h2-5,10-12,34H,6-9,13H2,1H3. The maximum Gasteiger partial charge on any atom is 0.416 e. The summed E-state index contributed by atoms with van der Waals surface area (Å²) in [6.45, 7) is -0.838. The van der Waals surface area contributed by atoms with Crippen LogP contribution < -0.4 is 20.7 Å². The van der Waals surface area contributed by atoms with Crippen LogP contribution in [-0.4, -0.2) is 43.6 Å². The molecular weight excluding hydrogens is 552 g/mol. The van der Waals surface area contributed by atoms with Crippen molar-refractivity contribution in [3.05, 3.63) is 84.5 Å². The molecule has 1 N–H and O–H groups in total. The number of alkyl halides is 3. The van der Waals surface area contributed by atoms with Gasteiger partial charge in [-0.05, 0) is 35.9 Å². The van der Waals surface area contributed by atoms with E-state index < -0.39 is 29.6 Å². The average Bonchev–Trinajstić information content (AvgIpc) is 3.22. The fourth-order valence-corrected chi connectivity index (χ4v) is 4.13. The zero-order chi connectivity index (χ0) is 27.6. The molecule has 0 spiro atoms. The number of aromatic nitrogens is 4. The highest BCUT2D eigenvalue weighted by Crippen LogP contribution is 2.34. The zero-order valence-corrected chi connectivity index (χ0v) is 21.3. The van der Waals surface area contributed by atoms with Crippen LogP contribution >= 0.6 is 23.2 Å². The van der Waals surface area contributed by atoms with Gasteiger partial charge in [-0.1, -0.05) is 35.3 Å². The number of aryl methyl sites for hydroxylation is 1. The topological polar surface area (TPSA) is 101 Å². The number of nitrogens with zero attached hydrogens (tertiary/aromatic N) is 4. The van der Waals surface area contributed by atoms with E-state index in [1.807, 2.05) is 0 Å². The Morgan fingerprint density at radius 2 is 1.66 bits per heavy atom. The fourth-order valence-electron chi connectivity index (χ4n) is 3.78. The van der Waals surface area contributed by atoms with Crippen molar-refractivity contribution >= 4 is 34.4 Å². The molecule has 2 heterocycles. The number of hydrogen-bond acceptors (Lipinski definition) is 6. The van der Waals surface area contributed by atoms with E-state index in [9.17, 15) is 27.9 Å². The van der Waals surface area contributed by atoms with E-state index >= 15 is 0 Å². The van der Waals surface area contributed by atoms with Gasteiger partial charge in [-0.15, -0.1) is 0 Å². The normalized spacial score (nSPS) is 11.8. The van der Waals surface area contributed by atoms with Crippen LogP contribution in [0.5, 0.6) is 11.8 Å². The van der Waals surface area contributed by atoms with E-state index in [-0.39, 0.29) is 54.2 Å². The van der Waals surface area contributed by atoms with Gasteiger partial charge in [0.2, 0.25) is 0 Å². The third-order valence-electron chi connectivity index (χ3n) is 5.56. The van der Waals surface area contributed by atoms with Crippen LogP contribution in [0.4, 0.5) is 13.2 Å². The van der Waals surface area contributed by atoms with Gasteiger partial charge in [-0.25, -0.2) is 4.79 Å². The van der Waals surface area contributed by atoms with Gasteiger partial charge in [0.25, 0.3) is 11.6 Å². The lowest BCUT2D eigenvalue weighted by Crippen LogP contribution is -2.40. The first-order valence-electron chi connectivity index (χ1n) is 11.2. The number of benzene rings is 2. The molecule has 0 radical (unpaired) electrons. The second-order valence-corrected chi connectivity index (χ2v) is 9.04. The van der Waals surface area contributed by atoms with Gasteiger partial charge in [0.1, 0.15) is 19.0 Å². The van der Waals surface area contributed by atoms with Crippen molar-refractivity contribution in [2.45, 2.75) is 19.3 Å². The quantitative estimate of drug-likeness (QED) is 0.307. The Bertz CT molecular complexity index is 1580. The lowest BCUT2D eigenvalue weighted by Gasteiger charge is -2.13. The molecule has 202 valence electrons. The molecule has 9 nitrogen and oxygen atoms in total. The van der Waals surface area contributed by atoms with Crippen molar-refractivity contribution in [2.75, 3.05) is 19.8 Å². The molecule has 4 aromatic rings. The summed E-state index contributed by atoms with van der Waals surface area (Å²) in [5.74, 6) is -0.0996. The summed E-state index contributed by atoms with van der Waals surface area (Å²) in [4.78, 5) is 30.2. The number of rotatable bonds is 9. The predicted octanol–water partition coefficient (Wildman–Crippen LogP) is 3.72. The van der Waals surface area contributed by atoms with Crippen molar-refractivity contribution in [2.24, 2.45) is 7.05 Å². The monoisotopic (exact) mass is 572 g/mol. The van der Waals surface area contributed by atoms with Crippen LogP contribution in [0.25, 0.3) is 11.2 Å². The lowest BCUT2D eigenvalue weighted by atomic mass is 10.2. The Hall–Kier alpha value is -3.48. The number of aliphatic hydroxyl groups is 1. The molecule has 0 atom stereocenters. The van der Waals surface area contributed by atoms with Crippen LogP contribution in [0.15, 0.2) is 52.1 Å². The van der Waals surface area contributed by atoms with E-state index in [4.69, 9.17) is 32.7 Å². The van der Waals surface area contributed by atoms with Gasteiger partial charge in [0.05, 0.1) is 25.3 Å². The minimum Gasteiger partial charge on any atom is -0.490 e. The second-order valence-electron chi connectivity index (χ2n) is 8.17. The van der Waals surface area contributed by atoms with E-state index in [1.54, 1.807) is 24.3 Å². The third-order valence-corrected chi connectivity index (χ3v) is 6.03. The van der Waals surface area contributed by atoms with Gasteiger partial charge in [-0.2, -0.15) is 18.2 Å². The molecule has 0 aliphatic heterocycles. The highest BCUT2D eigenvalue weighted by Gasteiger charge is 2.31. The summed E-state index contributed by atoms with van der Waals surface area (Å²) < 4.78 is 53.8. The molecule has 2 aromatic heterocycles. The van der Waals surface area contributed by atoms with Gasteiger partial charge in [-0.3, -0.25) is 18.5 Å². The molecule has 0 aliphatic rings. The van der Waals surface area contributed by atoms with E-state index in [1.165, 1.54) is 22.2 Å². The average molecular weight is 573 g/mol. The van der Waals surface area contributed by atoms with Crippen molar-refractivity contribution in [1.29, 1.82) is 0 Å². The lowest BCUT2D eigenvalue weighted by molar-refractivity contribution is -0.137. The Morgan fingerprint density at radius 1 is 0.974 bits per heavy atom. The number of ether oxygens (including phenoxy) is 2. The number of imidazole rings is 1. The molecule has 0 aliphatic carbocycles. The van der Waals surface area contributed by atoms with Gasteiger partial charge >= 0.3 is 11.9 Å². The molecule has 38 heavy (non-hydrogen) atoms. The first-order valence-corrected chi connectivity index (χ1v) is 11.9. The molecule has 2 aromatic carbocycles. The SMILES string of the molecule is Cn1c(=O)n(CCO)c(=O)c2c1nc(OCCOc1cc(Cl)cc(C(F)(F)F)c1)n2Cc1ccc(Cl)cc1. The maximum absolute atomic E-state index is 13.2. The molecular formula is C24H21Cl2F3N4O5. The van der Waals surface area contributed by atoms with Crippen LogP contribution in [0, 0.1) is 0 Å². The summed E-state index contributed by atoms with van der Waals surface area (Å²) in [5, 5.41) is 9.71. The van der Waals surface area contributed by atoms with Crippen LogP contribution in [0.2, 0.25) is 10.0 Å². The minimum atomic E-state index is -4.59. The first kappa shape index (κ1) is 27.6. The molecule has 14 heteroatoms.